The Morgan fingerprint density at radius 2 is 1.85 bits per heavy atom. The van der Waals surface area contributed by atoms with E-state index in [1.165, 1.54) is 22.8 Å². The molecule has 0 saturated heterocycles. The second-order valence-corrected chi connectivity index (χ2v) is 8.55. The lowest BCUT2D eigenvalue weighted by atomic mass is 10.1. The molecule has 172 valence electrons. The van der Waals surface area contributed by atoms with Crippen LogP contribution in [0.4, 0.5) is 10.1 Å². The third-order valence-corrected chi connectivity index (χ3v) is 6.13. The molecule has 1 aliphatic carbocycles. The van der Waals surface area contributed by atoms with E-state index >= 15 is 0 Å². The number of benzene rings is 1. The summed E-state index contributed by atoms with van der Waals surface area (Å²) >= 11 is 0. The summed E-state index contributed by atoms with van der Waals surface area (Å²) in [4.78, 5) is 43.1. The van der Waals surface area contributed by atoms with Crippen molar-refractivity contribution in [2.45, 2.75) is 46.1 Å². The number of halogens is 1. The number of aromatic nitrogens is 2. The highest BCUT2D eigenvalue weighted by Crippen LogP contribution is 2.45. The van der Waals surface area contributed by atoms with Crippen LogP contribution in [0.25, 0.3) is 0 Å². The fraction of sp³-hybridized carbons (Fsp3) is 0.333. The van der Waals surface area contributed by atoms with Crippen molar-refractivity contribution < 1.29 is 23.2 Å². The average Bonchev–Trinajstić information content (AvgIpc) is 3.33. The Hall–Kier alpha value is -3.75. The number of nitrogens with one attached hydrogen (secondary N) is 2. The molecule has 2 N–H and O–H groups in total. The average molecular weight is 452 g/mol. The molecule has 0 bridgehead atoms. The number of amides is 2. The first kappa shape index (κ1) is 22.4. The number of aryl methyl sites for hydroxylation is 2. The van der Waals surface area contributed by atoms with E-state index in [1.807, 2.05) is 0 Å². The van der Waals surface area contributed by atoms with Gasteiger partial charge in [-0.2, -0.15) is 0 Å². The molecule has 4 rings (SSSR count). The number of ketones is 1. The molecule has 8 nitrogen and oxygen atoms in total. The predicted octanol–water partition coefficient (Wildman–Crippen LogP) is 3.63. The number of Topliss-reactive ketones (excluding diaryl/α,β-unsaturated/α-hetero) is 1. The number of nitrogens with zero attached hydrogens (tertiary/aromatic N) is 2. The van der Waals surface area contributed by atoms with Crippen LogP contribution in [-0.2, 0) is 17.4 Å². The molecule has 2 amide bonds. The van der Waals surface area contributed by atoms with Crippen molar-refractivity contribution in [1.82, 2.24) is 14.9 Å². The van der Waals surface area contributed by atoms with Crippen LogP contribution in [0.2, 0.25) is 0 Å². The van der Waals surface area contributed by atoms with E-state index in [-0.39, 0.29) is 11.5 Å². The minimum atomic E-state index is -0.784. The third-order valence-electron chi connectivity index (χ3n) is 6.13. The number of rotatable bonds is 6. The van der Waals surface area contributed by atoms with Gasteiger partial charge in [-0.05, 0) is 69.9 Å². The van der Waals surface area contributed by atoms with E-state index in [4.69, 9.17) is 4.42 Å². The Morgan fingerprint density at radius 3 is 2.42 bits per heavy atom. The van der Waals surface area contributed by atoms with Gasteiger partial charge in [0.25, 0.3) is 17.6 Å². The molecule has 3 aromatic rings. The van der Waals surface area contributed by atoms with Crippen LogP contribution in [0.5, 0.6) is 0 Å². The monoisotopic (exact) mass is 452 g/mol. The van der Waals surface area contributed by atoms with Crippen molar-refractivity contribution in [3.05, 3.63) is 69.9 Å². The van der Waals surface area contributed by atoms with Crippen molar-refractivity contribution in [2.75, 3.05) is 5.32 Å². The zero-order valence-electron chi connectivity index (χ0n) is 19.1. The Bertz CT molecular complexity index is 1300. The molecule has 1 saturated carbocycles. The highest BCUT2D eigenvalue weighted by Gasteiger charge is 2.51. The molecule has 1 fully saturated rings. The summed E-state index contributed by atoms with van der Waals surface area (Å²) in [6, 6.07) is 4.27. The maximum absolute atomic E-state index is 13.5. The summed E-state index contributed by atoms with van der Waals surface area (Å²) < 4.78 is 20.6. The molecule has 0 spiro atoms. The Labute approximate surface area is 190 Å². The van der Waals surface area contributed by atoms with Crippen LogP contribution in [0.1, 0.15) is 62.2 Å². The van der Waals surface area contributed by atoms with Crippen molar-refractivity contribution in [2.24, 2.45) is 7.05 Å². The van der Waals surface area contributed by atoms with Gasteiger partial charge in [0.05, 0.1) is 17.5 Å². The number of hydrogen-bond acceptors (Lipinski definition) is 5. The summed E-state index contributed by atoms with van der Waals surface area (Å²) in [5, 5.41) is 5.50. The van der Waals surface area contributed by atoms with E-state index in [0.29, 0.717) is 52.6 Å². The lowest BCUT2D eigenvalue weighted by Gasteiger charge is -2.14. The minimum Gasteiger partial charge on any atom is -0.443 e. The smallest absolute Gasteiger partial charge is 0.294 e. The highest BCUT2D eigenvalue weighted by molar-refractivity contribution is 6.43. The zero-order chi connectivity index (χ0) is 24.1. The second kappa shape index (κ2) is 7.99. The molecular weight excluding hydrogens is 427 g/mol. The molecule has 1 aliphatic rings. The van der Waals surface area contributed by atoms with Gasteiger partial charge in [0, 0.05) is 18.4 Å². The fourth-order valence-electron chi connectivity index (χ4n) is 4.02. The van der Waals surface area contributed by atoms with Crippen LogP contribution >= 0.6 is 0 Å². The summed E-state index contributed by atoms with van der Waals surface area (Å²) in [6.45, 7) is 6.69. The van der Waals surface area contributed by atoms with Crippen LogP contribution in [0.3, 0.4) is 0 Å². The van der Waals surface area contributed by atoms with Crippen LogP contribution in [0.15, 0.2) is 28.8 Å². The normalized spacial score (nSPS) is 14.1. The minimum absolute atomic E-state index is 0.129. The largest absolute Gasteiger partial charge is 0.443 e. The van der Waals surface area contributed by atoms with Gasteiger partial charge in [0.1, 0.15) is 17.1 Å². The molecule has 0 aliphatic heterocycles. The molecule has 9 heteroatoms. The summed E-state index contributed by atoms with van der Waals surface area (Å²) in [6.07, 6.45) is 2.82. The van der Waals surface area contributed by atoms with Gasteiger partial charge in [-0.3, -0.25) is 14.4 Å². The molecule has 1 aromatic carbocycles. The first-order valence-corrected chi connectivity index (χ1v) is 10.6. The number of hydrogen-bond donors (Lipinski definition) is 2. The maximum Gasteiger partial charge on any atom is 0.294 e. The van der Waals surface area contributed by atoms with E-state index in [0.717, 1.165) is 0 Å². The first-order valence-electron chi connectivity index (χ1n) is 10.6. The summed E-state index contributed by atoms with van der Waals surface area (Å²) in [7, 11) is 1.63. The standard InChI is InChI=1S/C24H25FN4O4/c1-12-10-16(6-7-17(12)25)27-21(31)18-14(3)19(29(5)15(18)4)20(30)22(32)28-24(8-9-24)23-26-11-13(2)33-23/h6-7,10-11H,8-9H2,1-5H3,(H,27,31)(H,28,32). The second-order valence-electron chi connectivity index (χ2n) is 8.55. The predicted molar refractivity (Wildman–Crippen MR) is 119 cm³/mol. The van der Waals surface area contributed by atoms with Gasteiger partial charge in [-0.15, -0.1) is 0 Å². The molecule has 2 heterocycles. The van der Waals surface area contributed by atoms with E-state index in [9.17, 15) is 18.8 Å². The molecule has 0 radical (unpaired) electrons. The third kappa shape index (κ3) is 3.94. The molecule has 33 heavy (non-hydrogen) atoms. The van der Waals surface area contributed by atoms with Gasteiger partial charge in [0.2, 0.25) is 5.89 Å². The summed E-state index contributed by atoms with van der Waals surface area (Å²) in [5.74, 6) is -1.34. The fourth-order valence-corrected chi connectivity index (χ4v) is 4.02. The quantitative estimate of drug-likeness (QED) is 0.439. The lowest BCUT2D eigenvalue weighted by molar-refractivity contribution is -0.118. The van der Waals surface area contributed by atoms with Gasteiger partial charge in [-0.25, -0.2) is 9.37 Å². The number of carbonyl (C=O) groups excluding carboxylic acids is 3. The molecule has 0 unspecified atom stereocenters. The number of carbonyl (C=O) groups is 3. The Balaban J connectivity index is 1.58. The van der Waals surface area contributed by atoms with Crippen molar-refractivity contribution in [1.29, 1.82) is 0 Å². The molecular formula is C24H25FN4O4. The van der Waals surface area contributed by atoms with E-state index in [1.54, 1.807) is 40.9 Å². The van der Waals surface area contributed by atoms with Gasteiger partial charge < -0.3 is 19.6 Å². The number of anilines is 1. The van der Waals surface area contributed by atoms with E-state index in [2.05, 4.69) is 15.6 Å². The van der Waals surface area contributed by atoms with Gasteiger partial charge in [-0.1, -0.05) is 0 Å². The highest BCUT2D eigenvalue weighted by atomic mass is 19.1. The van der Waals surface area contributed by atoms with E-state index < -0.39 is 23.1 Å². The Morgan fingerprint density at radius 1 is 1.15 bits per heavy atom. The van der Waals surface area contributed by atoms with Crippen LogP contribution in [-0.4, -0.2) is 27.1 Å². The molecule has 0 atom stereocenters. The SMILES string of the molecule is Cc1cnc(C2(NC(=O)C(=O)c3c(C)c(C(=O)Nc4ccc(F)c(C)c4)c(C)n3C)CC2)o1. The van der Waals surface area contributed by atoms with Crippen molar-refractivity contribution in [3.63, 3.8) is 0 Å². The topological polar surface area (TPSA) is 106 Å². The maximum atomic E-state index is 13.5. The van der Waals surface area contributed by atoms with Crippen LogP contribution < -0.4 is 10.6 Å². The van der Waals surface area contributed by atoms with Gasteiger partial charge >= 0.3 is 0 Å². The summed E-state index contributed by atoms with van der Waals surface area (Å²) in [5.41, 5.74) is 1.41. The zero-order valence-corrected chi connectivity index (χ0v) is 19.1. The Kier molecular flexibility index (Phi) is 5.43. The van der Waals surface area contributed by atoms with Crippen molar-refractivity contribution in [3.8, 4) is 0 Å². The lowest BCUT2D eigenvalue weighted by Crippen LogP contribution is -2.40. The van der Waals surface area contributed by atoms with Crippen molar-refractivity contribution >= 4 is 23.3 Å². The van der Waals surface area contributed by atoms with Crippen LogP contribution in [0, 0.1) is 33.5 Å². The first-order chi connectivity index (χ1) is 15.5. The van der Waals surface area contributed by atoms with Gasteiger partial charge in [0.15, 0.2) is 0 Å². The molecule has 2 aromatic heterocycles. The number of oxazole rings is 1.